The summed E-state index contributed by atoms with van der Waals surface area (Å²) in [6, 6.07) is 1.71. The lowest BCUT2D eigenvalue weighted by Gasteiger charge is -1.84. The van der Waals surface area contributed by atoms with Crippen LogP contribution < -0.4 is 5.69 Å². The molecule has 2 heterocycles. The van der Waals surface area contributed by atoms with Crippen molar-refractivity contribution in [3.8, 4) is 0 Å². The van der Waals surface area contributed by atoms with Crippen molar-refractivity contribution in [1.82, 2.24) is 19.6 Å². The van der Waals surface area contributed by atoms with Gasteiger partial charge in [-0.1, -0.05) is 0 Å². The first-order valence-electron chi connectivity index (χ1n) is 2.76. The van der Waals surface area contributed by atoms with Crippen LogP contribution in [-0.2, 0) is 0 Å². The second kappa shape index (κ2) is 1.66. The molecule has 0 bridgehead atoms. The van der Waals surface area contributed by atoms with Crippen LogP contribution in [0.15, 0.2) is 23.3 Å². The van der Waals surface area contributed by atoms with Gasteiger partial charge in [-0.3, -0.25) is 0 Å². The van der Waals surface area contributed by atoms with Gasteiger partial charge in [-0.15, -0.1) is 0 Å². The summed E-state index contributed by atoms with van der Waals surface area (Å²) in [4.78, 5) is 17.9. The van der Waals surface area contributed by atoms with Gasteiger partial charge >= 0.3 is 5.69 Å². The Hall–Kier alpha value is -1.65. The number of nitrogens with zero attached hydrogens (tertiary/aromatic N) is 3. The Morgan fingerprint density at radius 1 is 1.60 bits per heavy atom. The molecule has 0 saturated carbocycles. The fourth-order valence-corrected chi connectivity index (χ4v) is 0.752. The third-order valence-corrected chi connectivity index (χ3v) is 1.14. The van der Waals surface area contributed by atoms with Crippen LogP contribution in [0.1, 0.15) is 0 Å². The lowest BCUT2D eigenvalue weighted by Crippen LogP contribution is -2.01. The molecule has 0 aliphatic carbocycles. The van der Waals surface area contributed by atoms with E-state index in [1.807, 2.05) is 0 Å². The van der Waals surface area contributed by atoms with Crippen LogP contribution in [-0.4, -0.2) is 19.6 Å². The average Bonchev–Trinajstić information content (AvgIpc) is 2.27. The van der Waals surface area contributed by atoms with E-state index in [4.69, 9.17) is 0 Å². The molecule has 0 atom stereocenters. The summed E-state index contributed by atoms with van der Waals surface area (Å²) in [7, 11) is 0. The first-order valence-corrected chi connectivity index (χ1v) is 2.76. The molecule has 0 unspecified atom stereocenters. The van der Waals surface area contributed by atoms with Gasteiger partial charge in [0.1, 0.15) is 0 Å². The monoisotopic (exact) mass is 136 g/mol. The molecule has 2 aromatic heterocycles. The average molecular weight is 136 g/mol. The van der Waals surface area contributed by atoms with E-state index in [2.05, 4.69) is 15.1 Å². The quantitative estimate of drug-likeness (QED) is 0.526. The molecule has 5 nitrogen and oxygen atoms in total. The molecule has 2 rings (SSSR count). The minimum absolute atomic E-state index is 0.376. The summed E-state index contributed by atoms with van der Waals surface area (Å²) in [6.45, 7) is 0. The lowest BCUT2D eigenvalue weighted by molar-refractivity contribution is 0.919. The number of aromatic nitrogens is 4. The van der Waals surface area contributed by atoms with Gasteiger partial charge < -0.3 is 0 Å². The molecule has 0 fully saturated rings. The molecule has 0 amide bonds. The third kappa shape index (κ3) is 0.604. The second-order valence-corrected chi connectivity index (χ2v) is 1.82. The maximum atomic E-state index is 10.6. The molecule has 0 aliphatic heterocycles. The van der Waals surface area contributed by atoms with E-state index in [1.165, 1.54) is 4.52 Å². The summed E-state index contributed by atoms with van der Waals surface area (Å²) in [5, 5.41) is 2.45. The van der Waals surface area contributed by atoms with E-state index in [0.717, 1.165) is 0 Å². The number of aromatic amines is 1. The zero-order valence-electron chi connectivity index (χ0n) is 4.98. The molecule has 0 aliphatic rings. The predicted octanol–water partition coefficient (Wildman–Crippen LogP) is -0.582. The highest BCUT2D eigenvalue weighted by atomic mass is 16.1. The first-order chi connectivity index (χ1) is 4.86. The Morgan fingerprint density at radius 2 is 2.50 bits per heavy atom. The lowest BCUT2D eigenvalue weighted by atomic mass is 10.7. The minimum Gasteiger partial charge on any atom is -0.244 e. The molecule has 0 saturated heterocycles. The molecule has 0 aromatic carbocycles. The van der Waals surface area contributed by atoms with E-state index in [9.17, 15) is 4.79 Å². The Bertz CT molecular complexity index is 365. The van der Waals surface area contributed by atoms with E-state index in [1.54, 1.807) is 18.5 Å². The van der Waals surface area contributed by atoms with Crippen LogP contribution in [0.2, 0.25) is 0 Å². The Labute approximate surface area is 55.3 Å². The number of H-pyrrole nitrogens is 1. The van der Waals surface area contributed by atoms with Crippen molar-refractivity contribution in [2.75, 3.05) is 0 Å². The molecule has 0 spiro atoms. The second-order valence-electron chi connectivity index (χ2n) is 1.82. The van der Waals surface area contributed by atoms with Gasteiger partial charge in [-0.2, -0.15) is 4.98 Å². The fourth-order valence-electron chi connectivity index (χ4n) is 0.752. The van der Waals surface area contributed by atoms with Crippen molar-refractivity contribution >= 4 is 5.78 Å². The summed E-state index contributed by atoms with van der Waals surface area (Å²) < 4.78 is 1.46. The van der Waals surface area contributed by atoms with Gasteiger partial charge in [0.15, 0.2) is 0 Å². The van der Waals surface area contributed by atoms with E-state index >= 15 is 0 Å². The molecule has 5 heteroatoms. The maximum Gasteiger partial charge on any atom is 0.363 e. The summed E-state index contributed by atoms with van der Waals surface area (Å²) >= 11 is 0. The van der Waals surface area contributed by atoms with Gasteiger partial charge in [0, 0.05) is 12.4 Å². The van der Waals surface area contributed by atoms with Gasteiger partial charge in [0.25, 0.3) is 5.78 Å². The van der Waals surface area contributed by atoms with Crippen molar-refractivity contribution in [3.05, 3.63) is 28.9 Å². The van der Waals surface area contributed by atoms with E-state index in [0.29, 0.717) is 5.78 Å². The Balaban J connectivity index is 3.01. The SMILES string of the molecule is O=c1nc2ncccn2[nH]1. The van der Waals surface area contributed by atoms with Gasteiger partial charge in [0.2, 0.25) is 0 Å². The number of rotatable bonds is 0. The third-order valence-electron chi connectivity index (χ3n) is 1.14. The number of nitrogens with one attached hydrogen (secondary N) is 1. The summed E-state index contributed by atoms with van der Waals surface area (Å²) in [5.41, 5.74) is -0.376. The van der Waals surface area contributed by atoms with Gasteiger partial charge in [-0.05, 0) is 6.07 Å². The van der Waals surface area contributed by atoms with Gasteiger partial charge in [0.05, 0.1) is 0 Å². The van der Waals surface area contributed by atoms with Crippen LogP contribution in [0.5, 0.6) is 0 Å². The van der Waals surface area contributed by atoms with Crippen molar-refractivity contribution in [3.63, 3.8) is 0 Å². The highest BCUT2D eigenvalue weighted by Crippen LogP contribution is 1.85. The van der Waals surface area contributed by atoms with Crippen molar-refractivity contribution < 1.29 is 0 Å². The minimum atomic E-state index is -0.376. The van der Waals surface area contributed by atoms with Crippen LogP contribution >= 0.6 is 0 Å². The first kappa shape index (κ1) is 5.16. The van der Waals surface area contributed by atoms with Crippen LogP contribution in [0.3, 0.4) is 0 Å². The number of hydrogen-bond donors (Lipinski definition) is 1. The fraction of sp³-hybridized carbons (Fsp3) is 0. The highest BCUT2D eigenvalue weighted by molar-refractivity contribution is 5.21. The zero-order valence-corrected chi connectivity index (χ0v) is 4.98. The Kier molecular flexibility index (Phi) is 0.858. The van der Waals surface area contributed by atoms with Crippen LogP contribution in [0, 0.1) is 0 Å². The van der Waals surface area contributed by atoms with E-state index < -0.39 is 0 Å². The summed E-state index contributed by atoms with van der Waals surface area (Å²) in [6.07, 6.45) is 3.26. The number of hydrogen-bond acceptors (Lipinski definition) is 3. The predicted molar refractivity (Wildman–Crippen MR) is 33.6 cm³/mol. The zero-order chi connectivity index (χ0) is 6.97. The molecule has 50 valence electrons. The van der Waals surface area contributed by atoms with E-state index in [-0.39, 0.29) is 5.69 Å². The molecule has 10 heavy (non-hydrogen) atoms. The topological polar surface area (TPSA) is 63.1 Å². The number of fused-ring (bicyclic) bond motifs is 1. The molecular formula is C5H4N4O. The standard InChI is InChI=1S/C5H4N4O/c10-5-7-4-6-2-1-3-9(4)8-5/h1-3H,(H,8,10). The largest absolute Gasteiger partial charge is 0.363 e. The summed E-state index contributed by atoms with van der Waals surface area (Å²) in [5.74, 6) is 0.396. The smallest absolute Gasteiger partial charge is 0.244 e. The van der Waals surface area contributed by atoms with Crippen LogP contribution in [0.25, 0.3) is 5.78 Å². The molecule has 1 N–H and O–H groups in total. The van der Waals surface area contributed by atoms with Crippen molar-refractivity contribution in [1.29, 1.82) is 0 Å². The Morgan fingerprint density at radius 3 is 3.30 bits per heavy atom. The molecule has 0 radical (unpaired) electrons. The normalized spacial score (nSPS) is 10.4. The molecule has 2 aromatic rings. The van der Waals surface area contributed by atoms with Gasteiger partial charge in [-0.25, -0.2) is 19.4 Å². The van der Waals surface area contributed by atoms with Crippen molar-refractivity contribution in [2.45, 2.75) is 0 Å². The highest BCUT2D eigenvalue weighted by Gasteiger charge is 1.93. The van der Waals surface area contributed by atoms with Crippen molar-refractivity contribution in [2.24, 2.45) is 0 Å². The van der Waals surface area contributed by atoms with Crippen LogP contribution in [0.4, 0.5) is 0 Å². The maximum absolute atomic E-state index is 10.6. The molecular weight excluding hydrogens is 132 g/mol.